The Morgan fingerprint density at radius 3 is 2.61 bits per heavy atom. The molecule has 0 saturated heterocycles. The van der Waals surface area contributed by atoms with Gasteiger partial charge in [-0.15, -0.1) is 11.3 Å². The van der Waals surface area contributed by atoms with Gasteiger partial charge in [0.1, 0.15) is 0 Å². The largest absolute Gasteiger partial charge is 0.147 e. The molecule has 3 rings (SSSR count). The molecule has 94 valence electrons. The number of rotatable bonds is 2. The van der Waals surface area contributed by atoms with E-state index in [2.05, 4.69) is 52.5 Å². The van der Waals surface area contributed by atoms with E-state index in [1.54, 1.807) is 11.1 Å². The van der Waals surface area contributed by atoms with Gasteiger partial charge in [0.2, 0.25) is 0 Å². The van der Waals surface area contributed by atoms with Crippen molar-refractivity contribution in [1.29, 1.82) is 0 Å². The summed E-state index contributed by atoms with van der Waals surface area (Å²) >= 11 is 5.71. The normalized spacial score (nSPS) is 16.3. The van der Waals surface area contributed by atoms with E-state index in [1.807, 2.05) is 11.3 Å². The molecule has 0 N–H and O–H groups in total. The molecule has 2 heteroatoms. The highest BCUT2D eigenvalue weighted by Gasteiger charge is 2.16. The lowest BCUT2D eigenvalue weighted by Gasteiger charge is -2.18. The van der Waals surface area contributed by atoms with Crippen LogP contribution in [0, 0.1) is 6.92 Å². The molecule has 0 fully saturated rings. The van der Waals surface area contributed by atoms with Crippen molar-refractivity contribution in [2.24, 2.45) is 0 Å². The van der Waals surface area contributed by atoms with Crippen LogP contribution < -0.4 is 0 Å². The molecule has 0 nitrogen and oxygen atoms in total. The number of hydrogen-bond donors (Lipinski definition) is 0. The Labute approximate surface area is 121 Å². The smallest absolute Gasteiger partial charge is 0.0740 e. The SMILES string of the molecule is Cc1ccsc1C(Br)c1ccc2c(c1)CCCC2. The van der Waals surface area contributed by atoms with Crippen LogP contribution in [0.1, 0.15) is 44.8 Å². The summed E-state index contributed by atoms with van der Waals surface area (Å²) in [6.07, 6.45) is 5.22. The first-order chi connectivity index (χ1) is 8.75. The third-order valence-electron chi connectivity index (χ3n) is 3.80. The molecule has 0 bridgehead atoms. The van der Waals surface area contributed by atoms with E-state index in [1.165, 1.54) is 41.7 Å². The van der Waals surface area contributed by atoms with Crippen LogP contribution >= 0.6 is 27.3 Å². The second-order valence-corrected chi connectivity index (χ2v) is 6.93. The Balaban J connectivity index is 1.95. The zero-order chi connectivity index (χ0) is 12.5. The third-order valence-corrected chi connectivity index (χ3v) is 6.17. The molecule has 1 aromatic heterocycles. The summed E-state index contributed by atoms with van der Waals surface area (Å²) in [6, 6.07) is 9.24. The van der Waals surface area contributed by atoms with Gasteiger partial charge in [-0.05, 0) is 66.3 Å². The topological polar surface area (TPSA) is 0 Å². The average molecular weight is 321 g/mol. The first-order valence-corrected chi connectivity index (χ1v) is 8.35. The summed E-state index contributed by atoms with van der Waals surface area (Å²) < 4.78 is 0. The molecule has 18 heavy (non-hydrogen) atoms. The maximum atomic E-state index is 3.86. The van der Waals surface area contributed by atoms with E-state index in [9.17, 15) is 0 Å². The van der Waals surface area contributed by atoms with E-state index in [0.717, 1.165) is 0 Å². The fourth-order valence-electron chi connectivity index (χ4n) is 2.71. The first kappa shape index (κ1) is 12.4. The third kappa shape index (κ3) is 2.28. The standard InChI is InChI=1S/C16H17BrS/c1-11-8-9-18-16(11)15(17)14-7-6-12-4-2-3-5-13(12)10-14/h6-10,15H,2-5H2,1H3. The lowest BCUT2D eigenvalue weighted by Crippen LogP contribution is -2.04. The van der Waals surface area contributed by atoms with Gasteiger partial charge >= 0.3 is 0 Å². The number of thiophene rings is 1. The van der Waals surface area contributed by atoms with E-state index < -0.39 is 0 Å². The van der Waals surface area contributed by atoms with Gasteiger partial charge in [-0.3, -0.25) is 0 Å². The van der Waals surface area contributed by atoms with Gasteiger partial charge in [0.15, 0.2) is 0 Å². The summed E-state index contributed by atoms with van der Waals surface area (Å²) in [6.45, 7) is 2.19. The van der Waals surface area contributed by atoms with Crippen molar-refractivity contribution in [3.8, 4) is 0 Å². The number of halogens is 1. The zero-order valence-electron chi connectivity index (χ0n) is 10.6. The first-order valence-electron chi connectivity index (χ1n) is 6.55. The number of fused-ring (bicyclic) bond motifs is 1. The van der Waals surface area contributed by atoms with E-state index in [4.69, 9.17) is 0 Å². The second kappa shape index (κ2) is 5.18. The van der Waals surface area contributed by atoms with Crippen LogP contribution in [-0.4, -0.2) is 0 Å². The quantitative estimate of drug-likeness (QED) is 0.648. The molecule has 0 aliphatic heterocycles. The summed E-state index contributed by atoms with van der Waals surface area (Å²) in [4.78, 5) is 1.79. The molecule has 1 heterocycles. The maximum Gasteiger partial charge on any atom is 0.0740 e. The molecular formula is C16H17BrS. The van der Waals surface area contributed by atoms with Gasteiger partial charge in [-0.2, -0.15) is 0 Å². The predicted molar refractivity (Wildman–Crippen MR) is 82.9 cm³/mol. The minimum Gasteiger partial charge on any atom is -0.147 e. The maximum absolute atomic E-state index is 3.86. The molecule has 1 atom stereocenters. The molecule has 1 aliphatic rings. The van der Waals surface area contributed by atoms with Crippen LogP contribution in [0.5, 0.6) is 0 Å². The Bertz CT molecular complexity index is 556. The number of aryl methyl sites for hydroxylation is 3. The van der Waals surface area contributed by atoms with Crippen LogP contribution in [0.2, 0.25) is 0 Å². The van der Waals surface area contributed by atoms with Gasteiger partial charge in [0.25, 0.3) is 0 Å². The van der Waals surface area contributed by atoms with Gasteiger partial charge in [-0.1, -0.05) is 34.1 Å². The number of hydrogen-bond acceptors (Lipinski definition) is 1. The van der Waals surface area contributed by atoms with Gasteiger partial charge in [0.05, 0.1) is 4.83 Å². The fourth-order valence-corrected chi connectivity index (χ4v) is 4.60. The van der Waals surface area contributed by atoms with E-state index >= 15 is 0 Å². The number of alkyl halides is 1. The minimum absolute atomic E-state index is 0.352. The van der Waals surface area contributed by atoms with Crippen LogP contribution in [0.25, 0.3) is 0 Å². The van der Waals surface area contributed by atoms with Gasteiger partial charge in [0, 0.05) is 4.88 Å². The molecule has 1 aliphatic carbocycles. The van der Waals surface area contributed by atoms with Crippen LogP contribution in [-0.2, 0) is 12.8 Å². The molecule has 1 aromatic carbocycles. The van der Waals surface area contributed by atoms with Gasteiger partial charge < -0.3 is 0 Å². The summed E-state index contributed by atoms with van der Waals surface area (Å²) in [5, 5.41) is 2.18. The van der Waals surface area contributed by atoms with Crippen LogP contribution in [0.3, 0.4) is 0 Å². The highest BCUT2D eigenvalue weighted by Crippen LogP contribution is 2.37. The molecule has 2 aromatic rings. The lowest BCUT2D eigenvalue weighted by molar-refractivity contribution is 0.684. The molecule has 0 spiro atoms. The summed E-state index contributed by atoms with van der Waals surface area (Å²) in [7, 11) is 0. The Morgan fingerprint density at radius 1 is 1.11 bits per heavy atom. The van der Waals surface area contributed by atoms with Crippen molar-refractivity contribution in [1.82, 2.24) is 0 Å². The molecule has 0 amide bonds. The molecular weight excluding hydrogens is 304 g/mol. The lowest BCUT2D eigenvalue weighted by atomic mass is 9.90. The number of benzene rings is 1. The predicted octanol–water partition coefficient (Wildman–Crippen LogP) is 5.42. The van der Waals surface area contributed by atoms with Crippen molar-refractivity contribution in [3.05, 3.63) is 56.8 Å². The van der Waals surface area contributed by atoms with Crippen LogP contribution in [0.15, 0.2) is 29.6 Å². The van der Waals surface area contributed by atoms with Crippen molar-refractivity contribution in [2.75, 3.05) is 0 Å². The van der Waals surface area contributed by atoms with E-state index in [0.29, 0.717) is 4.83 Å². The van der Waals surface area contributed by atoms with Crippen LogP contribution in [0.4, 0.5) is 0 Å². The van der Waals surface area contributed by atoms with Crippen molar-refractivity contribution < 1.29 is 0 Å². The van der Waals surface area contributed by atoms with Gasteiger partial charge in [-0.25, -0.2) is 0 Å². The monoisotopic (exact) mass is 320 g/mol. The van der Waals surface area contributed by atoms with Crippen molar-refractivity contribution in [3.63, 3.8) is 0 Å². The highest BCUT2D eigenvalue weighted by atomic mass is 79.9. The minimum atomic E-state index is 0.352. The highest BCUT2D eigenvalue weighted by molar-refractivity contribution is 9.09. The summed E-state index contributed by atoms with van der Waals surface area (Å²) in [5.74, 6) is 0. The Hall–Kier alpha value is -0.600. The second-order valence-electron chi connectivity index (χ2n) is 5.07. The zero-order valence-corrected chi connectivity index (χ0v) is 13.0. The fraction of sp³-hybridized carbons (Fsp3) is 0.375. The van der Waals surface area contributed by atoms with Crippen molar-refractivity contribution >= 4 is 27.3 Å². The average Bonchev–Trinajstić information content (AvgIpc) is 2.83. The Morgan fingerprint density at radius 2 is 1.89 bits per heavy atom. The summed E-state index contributed by atoms with van der Waals surface area (Å²) in [5.41, 5.74) is 5.92. The van der Waals surface area contributed by atoms with Crippen molar-refractivity contribution in [2.45, 2.75) is 37.4 Å². The molecule has 1 unspecified atom stereocenters. The van der Waals surface area contributed by atoms with E-state index in [-0.39, 0.29) is 0 Å². The molecule has 0 radical (unpaired) electrons. The Kier molecular flexibility index (Phi) is 3.58. The molecule has 0 saturated carbocycles.